The molecule has 0 fully saturated rings. The van der Waals surface area contributed by atoms with Gasteiger partial charge in [0.25, 0.3) is 0 Å². The minimum Gasteiger partial charge on any atom is -0.478 e. The molecule has 0 radical (unpaired) electrons. The first-order valence-electron chi connectivity index (χ1n) is 5.10. The Morgan fingerprint density at radius 3 is 2.20 bits per heavy atom. The molecule has 1 N–H and O–H groups in total. The van der Waals surface area contributed by atoms with Crippen LogP contribution in [0.15, 0.2) is 11.1 Å². The van der Waals surface area contributed by atoms with Gasteiger partial charge in [0.05, 0.1) is 0 Å². The number of hydrogen-bond acceptors (Lipinski definition) is 3. The zero-order chi connectivity index (χ0) is 11.8. The number of hydrogen-bond donors (Lipinski definition) is 1. The Balaban J connectivity index is 4.71. The summed E-state index contributed by atoms with van der Waals surface area (Å²) in [6.07, 6.45) is 1.87. The lowest BCUT2D eigenvalue weighted by molar-refractivity contribution is -0.140. The SMILES string of the molecule is CCCC(C(=O)O)=C(CC)COC(C)=O. The largest absolute Gasteiger partial charge is 0.478 e. The highest BCUT2D eigenvalue weighted by Gasteiger charge is 2.13. The van der Waals surface area contributed by atoms with E-state index in [2.05, 4.69) is 0 Å². The third-order valence-electron chi connectivity index (χ3n) is 2.06. The molecule has 15 heavy (non-hydrogen) atoms. The molecule has 0 spiro atoms. The lowest BCUT2D eigenvalue weighted by atomic mass is 10.0. The van der Waals surface area contributed by atoms with Crippen LogP contribution in [-0.4, -0.2) is 23.7 Å². The van der Waals surface area contributed by atoms with Gasteiger partial charge in [0.15, 0.2) is 0 Å². The number of carboxylic acid groups (broad SMARTS) is 1. The predicted molar refractivity (Wildman–Crippen MR) is 56.5 cm³/mol. The maximum absolute atomic E-state index is 10.9. The Morgan fingerprint density at radius 1 is 1.27 bits per heavy atom. The topological polar surface area (TPSA) is 63.6 Å². The lowest BCUT2D eigenvalue weighted by Crippen LogP contribution is -2.10. The van der Waals surface area contributed by atoms with Crippen LogP contribution in [0.2, 0.25) is 0 Å². The number of aliphatic carboxylic acids is 1. The molecule has 0 saturated carbocycles. The molecule has 86 valence electrons. The van der Waals surface area contributed by atoms with E-state index < -0.39 is 5.97 Å². The van der Waals surface area contributed by atoms with Crippen LogP contribution in [0, 0.1) is 0 Å². The standard InChI is InChI=1S/C11H18O4/c1-4-6-10(11(13)14)9(5-2)7-15-8(3)12/h4-7H2,1-3H3,(H,13,14). The van der Waals surface area contributed by atoms with Crippen LogP contribution in [0.5, 0.6) is 0 Å². The third-order valence-corrected chi connectivity index (χ3v) is 2.06. The average Bonchev–Trinajstić information content (AvgIpc) is 2.16. The highest BCUT2D eigenvalue weighted by Crippen LogP contribution is 2.15. The second kappa shape index (κ2) is 7.04. The highest BCUT2D eigenvalue weighted by atomic mass is 16.5. The van der Waals surface area contributed by atoms with Crippen molar-refractivity contribution in [2.45, 2.75) is 40.0 Å². The van der Waals surface area contributed by atoms with Crippen molar-refractivity contribution in [2.75, 3.05) is 6.61 Å². The molecule has 0 rings (SSSR count). The summed E-state index contributed by atoms with van der Waals surface area (Å²) in [7, 11) is 0. The third kappa shape index (κ3) is 5.20. The van der Waals surface area contributed by atoms with E-state index in [4.69, 9.17) is 9.84 Å². The summed E-state index contributed by atoms with van der Waals surface area (Å²) in [4.78, 5) is 21.6. The molecule has 0 unspecified atom stereocenters. The normalized spacial score (nSPS) is 11.9. The molecule has 0 aromatic carbocycles. The summed E-state index contributed by atoms with van der Waals surface area (Å²) in [6, 6.07) is 0. The van der Waals surface area contributed by atoms with E-state index in [0.29, 0.717) is 24.0 Å². The first-order valence-corrected chi connectivity index (χ1v) is 5.10. The van der Waals surface area contributed by atoms with E-state index >= 15 is 0 Å². The van der Waals surface area contributed by atoms with Gasteiger partial charge < -0.3 is 9.84 Å². The van der Waals surface area contributed by atoms with E-state index in [0.717, 1.165) is 6.42 Å². The fraction of sp³-hybridized carbons (Fsp3) is 0.636. The summed E-state index contributed by atoms with van der Waals surface area (Å²) < 4.78 is 4.81. The predicted octanol–water partition coefficient (Wildman–Crippen LogP) is 2.14. The summed E-state index contributed by atoms with van der Waals surface area (Å²) in [6.45, 7) is 5.18. The van der Waals surface area contributed by atoms with Gasteiger partial charge in [-0.25, -0.2) is 4.79 Å². The summed E-state index contributed by atoms with van der Waals surface area (Å²) in [5.41, 5.74) is 1.07. The number of carbonyl (C=O) groups excluding carboxylic acids is 1. The monoisotopic (exact) mass is 214 g/mol. The number of carbonyl (C=O) groups is 2. The van der Waals surface area contributed by atoms with Crippen molar-refractivity contribution in [3.8, 4) is 0 Å². The number of esters is 1. The second-order valence-corrected chi connectivity index (χ2v) is 3.27. The first-order chi connectivity index (χ1) is 7.02. The molecule has 0 atom stereocenters. The van der Waals surface area contributed by atoms with Gasteiger partial charge >= 0.3 is 11.9 Å². The molecular weight excluding hydrogens is 196 g/mol. The minimum atomic E-state index is -0.916. The van der Waals surface area contributed by atoms with Crippen molar-refractivity contribution >= 4 is 11.9 Å². The van der Waals surface area contributed by atoms with Crippen molar-refractivity contribution in [3.05, 3.63) is 11.1 Å². The summed E-state index contributed by atoms with van der Waals surface area (Å²) in [5.74, 6) is -1.30. The lowest BCUT2D eigenvalue weighted by Gasteiger charge is -2.10. The van der Waals surface area contributed by atoms with Crippen LogP contribution in [0.4, 0.5) is 0 Å². The molecule has 0 heterocycles. The van der Waals surface area contributed by atoms with Crippen LogP contribution in [0.3, 0.4) is 0 Å². The van der Waals surface area contributed by atoms with Gasteiger partial charge in [-0.1, -0.05) is 20.3 Å². The zero-order valence-electron chi connectivity index (χ0n) is 9.50. The molecule has 0 aliphatic carbocycles. The molecule has 0 aromatic rings. The quantitative estimate of drug-likeness (QED) is 0.543. The van der Waals surface area contributed by atoms with Gasteiger partial charge in [-0.05, 0) is 18.4 Å². The molecule has 0 amide bonds. The fourth-order valence-corrected chi connectivity index (χ4v) is 1.28. The number of ether oxygens (including phenoxy) is 1. The van der Waals surface area contributed by atoms with Crippen LogP contribution in [0.25, 0.3) is 0 Å². The first kappa shape index (κ1) is 13.7. The Hall–Kier alpha value is -1.32. The maximum atomic E-state index is 10.9. The van der Waals surface area contributed by atoms with Gasteiger partial charge in [0.2, 0.25) is 0 Å². The Labute approximate surface area is 89.9 Å². The van der Waals surface area contributed by atoms with E-state index in [9.17, 15) is 9.59 Å². The second-order valence-electron chi connectivity index (χ2n) is 3.27. The van der Waals surface area contributed by atoms with Gasteiger partial charge in [-0.3, -0.25) is 4.79 Å². The average molecular weight is 214 g/mol. The molecule has 4 heteroatoms. The van der Waals surface area contributed by atoms with E-state index in [1.165, 1.54) is 6.92 Å². The molecule has 0 aromatic heterocycles. The smallest absolute Gasteiger partial charge is 0.331 e. The van der Waals surface area contributed by atoms with Crippen molar-refractivity contribution in [1.82, 2.24) is 0 Å². The molecule has 0 aliphatic heterocycles. The zero-order valence-corrected chi connectivity index (χ0v) is 9.50. The molecule has 4 nitrogen and oxygen atoms in total. The van der Waals surface area contributed by atoms with Gasteiger partial charge in [-0.15, -0.1) is 0 Å². The van der Waals surface area contributed by atoms with Crippen LogP contribution >= 0.6 is 0 Å². The Kier molecular flexibility index (Phi) is 6.42. The molecule has 0 bridgehead atoms. The van der Waals surface area contributed by atoms with Crippen molar-refractivity contribution < 1.29 is 19.4 Å². The van der Waals surface area contributed by atoms with E-state index in [1.54, 1.807) is 0 Å². The van der Waals surface area contributed by atoms with Crippen LogP contribution < -0.4 is 0 Å². The highest BCUT2D eigenvalue weighted by molar-refractivity contribution is 5.87. The Bertz CT molecular complexity index is 266. The van der Waals surface area contributed by atoms with Gasteiger partial charge in [0, 0.05) is 12.5 Å². The summed E-state index contributed by atoms with van der Waals surface area (Å²) >= 11 is 0. The van der Waals surface area contributed by atoms with Crippen LogP contribution in [-0.2, 0) is 14.3 Å². The van der Waals surface area contributed by atoms with E-state index in [-0.39, 0.29) is 12.6 Å². The van der Waals surface area contributed by atoms with Crippen molar-refractivity contribution in [2.24, 2.45) is 0 Å². The minimum absolute atomic E-state index is 0.0907. The molecule has 0 saturated heterocycles. The number of carboxylic acids is 1. The fourth-order valence-electron chi connectivity index (χ4n) is 1.28. The van der Waals surface area contributed by atoms with Gasteiger partial charge in [0.1, 0.15) is 6.61 Å². The van der Waals surface area contributed by atoms with E-state index in [1.807, 2.05) is 13.8 Å². The van der Waals surface area contributed by atoms with Crippen molar-refractivity contribution in [3.63, 3.8) is 0 Å². The van der Waals surface area contributed by atoms with Gasteiger partial charge in [-0.2, -0.15) is 0 Å². The number of rotatable bonds is 6. The maximum Gasteiger partial charge on any atom is 0.331 e. The van der Waals surface area contributed by atoms with Crippen LogP contribution in [0.1, 0.15) is 40.0 Å². The molecular formula is C11H18O4. The molecule has 0 aliphatic rings. The summed E-state index contributed by atoms with van der Waals surface area (Å²) in [5, 5.41) is 8.97. The van der Waals surface area contributed by atoms with Crippen molar-refractivity contribution in [1.29, 1.82) is 0 Å². The Morgan fingerprint density at radius 2 is 1.87 bits per heavy atom.